The SMILES string of the molecule is O=C(O)c1ccccc1N=Cc1ccccc1[O-]. The molecule has 0 saturated heterocycles. The molecular weight excluding hydrogens is 230 g/mol. The lowest BCUT2D eigenvalue weighted by Gasteiger charge is -2.08. The van der Waals surface area contributed by atoms with Gasteiger partial charge in [0.05, 0.1) is 11.3 Å². The molecule has 0 heterocycles. The van der Waals surface area contributed by atoms with Gasteiger partial charge in [-0.3, -0.25) is 4.99 Å². The summed E-state index contributed by atoms with van der Waals surface area (Å²) in [5, 5.41) is 20.4. The number of carbonyl (C=O) groups is 1. The van der Waals surface area contributed by atoms with Crippen molar-refractivity contribution in [3.63, 3.8) is 0 Å². The highest BCUT2D eigenvalue weighted by Crippen LogP contribution is 2.19. The van der Waals surface area contributed by atoms with Crippen LogP contribution in [0.25, 0.3) is 0 Å². The van der Waals surface area contributed by atoms with Crippen LogP contribution < -0.4 is 5.11 Å². The van der Waals surface area contributed by atoms with E-state index in [2.05, 4.69) is 4.99 Å². The van der Waals surface area contributed by atoms with Crippen LogP contribution in [0.2, 0.25) is 0 Å². The molecule has 90 valence electrons. The molecule has 0 aromatic heterocycles. The first-order chi connectivity index (χ1) is 8.68. The molecule has 0 unspecified atom stereocenters. The minimum absolute atomic E-state index is 0.108. The van der Waals surface area contributed by atoms with Crippen LogP contribution >= 0.6 is 0 Å². The second-order valence-corrected chi connectivity index (χ2v) is 3.62. The number of aromatic carboxylic acids is 1. The summed E-state index contributed by atoms with van der Waals surface area (Å²) in [7, 11) is 0. The maximum absolute atomic E-state index is 11.5. The Balaban J connectivity index is 2.35. The van der Waals surface area contributed by atoms with Gasteiger partial charge in [-0.2, -0.15) is 0 Å². The lowest BCUT2D eigenvalue weighted by molar-refractivity contribution is -0.268. The third-order valence-corrected chi connectivity index (χ3v) is 2.40. The molecule has 4 nitrogen and oxygen atoms in total. The average molecular weight is 240 g/mol. The summed E-state index contributed by atoms with van der Waals surface area (Å²) in [5.41, 5.74) is 0.864. The largest absolute Gasteiger partial charge is 0.872 e. The lowest BCUT2D eigenvalue weighted by Crippen LogP contribution is -1.97. The summed E-state index contributed by atoms with van der Waals surface area (Å²) in [4.78, 5) is 15.0. The molecule has 1 N–H and O–H groups in total. The second kappa shape index (κ2) is 5.14. The Hall–Kier alpha value is -2.62. The number of aliphatic imine (C=N–C) groups is 1. The Morgan fingerprint density at radius 1 is 1.11 bits per heavy atom. The van der Waals surface area contributed by atoms with E-state index in [0.717, 1.165) is 0 Å². The first-order valence-corrected chi connectivity index (χ1v) is 5.31. The van der Waals surface area contributed by atoms with Crippen LogP contribution in [0.1, 0.15) is 15.9 Å². The summed E-state index contributed by atoms with van der Waals surface area (Å²) in [6.07, 6.45) is 1.38. The molecule has 0 fully saturated rings. The fourth-order valence-electron chi connectivity index (χ4n) is 1.49. The molecule has 4 heteroatoms. The molecule has 0 amide bonds. The van der Waals surface area contributed by atoms with Crippen LogP contribution in [0.5, 0.6) is 5.75 Å². The van der Waals surface area contributed by atoms with Crippen molar-refractivity contribution < 1.29 is 15.0 Å². The van der Waals surface area contributed by atoms with Crippen LogP contribution in [0, 0.1) is 0 Å². The van der Waals surface area contributed by atoms with Gasteiger partial charge in [-0.1, -0.05) is 36.4 Å². The smallest absolute Gasteiger partial charge is 0.337 e. The van der Waals surface area contributed by atoms with Crippen molar-refractivity contribution >= 4 is 17.9 Å². The molecule has 2 rings (SSSR count). The predicted octanol–water partition coefficient (Wildman–Crippen LogP) is 2.21. The van der Waals surface area contributed by atoms with Gasteiger partial charge in [0.15, 0.2) is 0 Å². The van der Waals surface area contributed by atoms with Crippen LogP contribution in [0.3, 0.4) is 0 Å². The number of carboxylic acid groups (broad SMARTS) is 1. The number of rotatable bonds is 3. The van der Waals surface area contributed by atoms with E-state index in [1.54, 1.807) is 36.4 Å². The van der Waals surface area contributed by atoms with E-state index in [-0.39, 0.29) is 11.3 Å². The number of benzene rings is 2. The maximum Gasteiger partial charge on any atom is 0.337 e. The van der Waals surface area contributed by atoms with Crippen LogP contribution in [-0.2, 0) is 0 Å². The van der Waals surface area contributed by atoms with Crippen LogP contribution in [0.15, 0.2) is 53.5 Å². The van der Waals surface area contributed by atoms with Gasteiger partial charge >= 0.3 is 5.97 Å². The number of hydrogen-bond donors (Lipinski definition) is 1. The minimum Gasteiger partial charge on any atom is -0.872 e. The Morgan fingerprint density at radius 3 is 2.50 bits per heavy atom. The van der Waals surface area contributed by atoms with Crippen LogP contribution in [-0.4, -0.2) is 17.3 Å². The molecule has 2 aromatic carbocycles. The minimum atomic E-state index is -1.04. The number of para-hydroxylation sites is 2. The first-order valence-electron chi connectivity index (χ1n) is 5.31. The van der Waals surface area contributed by atoms with Crippen molar-refractivity contribution in [1.82, 2.24) is 0 Å². The fraction of sp³-hybridized carbons (Fsp3) is 0. The van der Waals surface area contributed by atoms with E-state index in [9.17, 15) is 9.90 Å². The lowest BCUT2D eigenvalue weighted by atomic mass is 10.2. The molecule has 0 bridgehead atoms. The van der Waals surface area contributed by atoms with E-state index in [1.165, 1.54) is 18.3 Å². The second-order valence-electron chi connectivity index (χ2n) is 3.62. The van der Waals surface area contributed by atoms with Gasteiger partial charge in [0.1, 0.15) is 0 Å². The van der Waals surface area contributed by atoms with Gasteiger partial charge in [0.2, 0.25) is 0 Å². The Labute approximate surface area is 104 Å². The van der Waals surface area contributed by atoms with Crippen LogP contribution in [0.4, 0.5) is 5.69 Å². The van der Waals surface area contributed by atoms with Crippen molar-refractivity contribution in [1.29, 1.82) is 0 Å². The zero-order valence-electron chi connectivity index (χ0n) is 9.41. The first kappa shape index (κ1) is 11.9. The highest BCUT2D eigenvalue weighted by molar-refractivity contribution is 5.95. The number of carboxylic acids is 1. The third kappa shape index (κ3) is 2.55. The predicted molar refractivity (Wildman–Crippen MR) is 66.5 cm³/mol. The summed E-state index contributed by atoms with van der Waals surface area (Å²) in [6.45, 7) is 0. The van der Waals surface area contributed by atoms with E-state index in [4.69, 9.17) is 5.11 Å². The van der Waals surface area contributed by atoms with Gasteiger partial charge in [-0.15, -0.1) is 5.75 Å². The molecule has 0 aliphatic heterocycles. The monoisotopic (exact) mass is 240 g/mol. The van der Waals surface area contributed by atoms with Gasteiger partial charge in [0.25, 0.3) is 0 Å². The zero-order valence-corrected chi connectivity index (χ0v) is 9.41. The van der Waals surface area contributed by atoms with Crippen molar-refractivity contribution in [3.05, 3.63) is 59.7 Å². The Morgan fingerprint density at radius 2 is 1.78 bits per heavy atom. The highest BCUT2D eigenvalue weighted by Gasteiger charge is 2.06. The molecule has 2 aromatic rings. The summed E-state index contributed by atoms with van der Waals surface area (Å²) < 4.78 is 0. The van der Waals surface area contributed by atoms with Crippen molar-refractivity contribution in [2.24, 2.45) is 4.99 Å². The average Bonchev–Trinajstić information content (AvgIpc) is 2.38. The van der Waals surface area contributed by atoms with Gasteiger partial charge < -0.3 is 10.2 Å². The standard InChI is InChI=1S/C14H11NO3/c16-13-8-4-1-5-10(13)9-15-12-7-3-2-6-11(12)14(17)18/h1-9,16H,(H,17,18)/p-1. The normalized spacial score (nSPS) is 10.7. The molecule has 18 heavy (non-hydrogen) atoms. The maximum atomic E-state index is 11.5. The van der Waals surface area contributed by atoms with Crippen molar-refractivity contribution in [2.45, 2.75) is 0 Å². The van der Waals surface area contributed by atoms with E-state index >= 15 is 0 Å². The molecule has 0 spiro atoms. The Kier molecular flexibility index (Phi) is 3.38. The quantitative estimate of drug-likeness (QED) is 0.836. The molecule has 0 aliphatic carbocycles. The van der Waals surface area contributed by atoms with E-state index < -0.39 is 5.97 Å². The molecular formula is C14H10NO3-. The highest BCUT2D eigenvalue weighted by atomic mass is 16.4. The topological polar surface area (TPSA) is 72.7 Å². The van der Waals surface area contributed by atoms with Crippen molar-refractivity contribution in [3.8, 4) is 5.75 Å². The zero-order chi connectivity index (χ0) is 13.0. The fourth-order valence-corrected chi connectivity index (χ4v) is 1.49. The summed E-state index contributed by atoms with van der Waals surface area (Å²) in [5.74, 6) is -1.19. The third-order valence-electron chi connectivity index (χ3n) is 2.40. The summed E-state index contributed by atoms with van der Waals surface area (Å²) >= 11 is 0. The number of hydrogen-bond acceptors (Lipinski definition) is 3. The number of nitrogens with zero attached hydrogens (tertiary/aromatic N) is 1. The van der Waals surface area contributed by atoms with Crippen molar-refractivity contribution in [2.75, 3.05) is 0 Å². The molecule has 0 atom stereocenters. The molecule has 0 saturated carbocycles. The van der Waals surface area contributed by atoms with Gasteiger partial charge in [-0.05, 0) is 17.7 Å². The molecule has 0 aliphatic rings. The van der Waals surface area contributed by atoms with E-state index in [0.29, 0.717) is 11.3 Å². The Bertz CT molecular complexity index is 605. The van der Waals surface area contributed by atoms with E-state index in [1.807, 2.05) is 0 Å². The van der Waals surface area contributed by atoms with Gasteiger partial charge in [-0.25, -0.2) is 4.79 Å². The van der Waals surface area contributed by atoms with Gasteiger partial charge in [0, 0.05) is 6.21 Å². The summed E-state index contributed by atoms with van der Waals surface area (Å²) in [6, 6.07) is 12.8. The molecule has 0 radical (unpaired) electrons.